The van der Waals surface area contributed by atoms with Crippen LogP contribution in [0.5, 0.6) is 0 Å². The van der Waals surface area contributed by atoms with E-state index in [1.165, 1.54) is 0 Å². The molecule has 0 aromatic heterocycles. The van der Waals surface area contributed by atoms with Gasteiger partial charge in [0, 0.05) is 19.8 Å². The Morgan fingerprint density at radius 1 is 1.35 bits per heavy atom. The summed E-state index contributed by atoms with van der Waals surface area (Å²) in [6, 6.07) is 0. The van der Waals surface area contributed by atoms with E-state index in [9.17, 15) is 8.42 Å². The summed E-state index contributed by atoms with van der Waals surface area (Å²) in [5, 5.41) is 3.24. The highest BCUT2D eigenvalue weighted by Crippen LogP contribution is 2.13. The first-order valence-electron chi connectivity index (χ1n) is 6.40. The van der Waals surface area contributed by atoms with Gasteiger partial charge in [-0.25, -0.2) is 13.1 Å². The lowest BCUT2D eigenvalue weighted by atomic mass is 10.0. The van der Waals surface area contributed by atoms with Crippen LogP contribution in [0.3, 0.4) is 0 Å². The molecule has 0 aliphatic carbocycles. The summed E-state index contributed by atoms with van der Waals surface area (Å²) in [5.74, 6) is 0.573. The first-order valence-corrected chi connectivity index (χ1v) is 8.05. The van der Waals surface area contributed by atoms with E-state index < -0.39 is 10.0 Å². The zero-order valence-corrected chi connectivity index (χ0v) is 11.4. The van der Waals surface area contributed by atoms with Gasteiger partial charge in [-0.05, 0) is 45.2 Å². The molecule has 6 heteroatoms. The maximum atomic E-state index is 11.8. The Morgan fingerprint density at radius 3 is 2.71 bits per heavy atom. The second kappa shape index (κ2) is 8.02. The van der Waals surface area contributed by atoms with Crippen molar-refractivity contribution in [2.75, 3.05) is 38.6 Å². The first kappa shape index (κ1) is 14.9. The molecular weight excluding hydrogens is 240 g/mol. The number of rotatable bonds is 8. The summed E-state index contributed by atoms with van der Waals surface area (Å²) in [6.07, 6.45) is 2.65. The van der Waals surface area contributed by atoms with E-state index in [2.05, 4.69) is 10.0 Å². The van der Waals surface area contributed by atoms with E-state index in [1.807, 2.05) is 6.92 Å². The Hall–Kier alpha value is -0.170. The van der Waals surface area contributed by atoms with Gasteiger partial charge in [-0.1, -0.05) is 0 Å². The third-order valence-electron chi connectivity index (χ3n) is 2.91. The van der Waals surface area contributed by atoms with Gasteiger partial charge in [0.15, 0.2) is 0 Å². The molecule has 0 bridgehead atoms. The summed E-state index contributed by atoms with van der Waals surface area (Å²) in [4.78, 5) is 0. The summed E-state index contributed by atoms with van der Waals surface area (Å²) < 4.78 is 31.3. The molecule has 1 saturated heterocycles. The third-order valence-corrected chi connectivity index (χ3v) is 4.46. The lowest BCUT2D eigenvalue weighted by Gasteiger charge is -2.22. The maximum Gasteiger partial charge on any atom is 0.211 e. The fraction of sp³-hybridized carbons (Fsp3) is 1.00. The second-order valence-corrected chi connectivity index (χ2v) is 6.27. The third kappa shape index (κ3) is 6.98. The smallest absolute Gasteiger partial charge is 0.211 e. The van der Waals surface area contributed by atoms with Gasteiger partial charge in [0.25, 0.3) is 0 Å². The van der Waals surface area contributed by atoms with Crippen LogP contribution in [0.4, 0.5) is 0 Å². The molecule has 0 amide bonds. The molecule has 1 rings (SSSR count). The molecule has 1 aliphatic heterocycles. The minimum atomic E-state index is -3.10. The van der Waals surface area contributed by atoms with Gasteiger partial charge >= 0.3 is 0 Å². The number of sulfonamides is 1. The molecule has 1 fully saturated rings. The Balaban J connectivity index is 2.16. The van der Waals surface area contributed by atoms with Crippen molar-refractivity contribution in [3.8, 4) is 0 Å². The van der Waals surface area contributed by atoms with Crippen LogP contribution < -0.4 is 10.0 Å². The molecule has 0 unspecified atom stereocenters. The van der Waals surface area contributed by atoms with Crippen LogP contribution in [-0.4, -0.2) is 47.0 Å². The zero-order chi connectivity index (χ0) is 12.6. The predicted octanol–water partition coefficient (Wildman–Crippen LogP) is 0.332. The molecule has 1 aliphatic rings. The van der Waals surface area contributed by atoms with Gasteiger partial charge in [-0.2, -0.15) is 0 Å². The van der Waals surface area contributed by atoms with Crippen LogP contribution in [0.2, 0.25) is 0 Å². The van der Waals surface area contributed by atoms with E-state index in [1.54, 1.807) is 0 Å². The number of ether oxygens (including phenoxy) is 1. The molecule has 5 nitrogen and oxygen atoms in total. The van der Waals surface area contributed by atoms with E-state index >= 15 is 0 Å². The zero-order valence-electron chi connectivity index (χ0n) is 10.6. The van der Waals surface area contributed by atoms with Gasteiger partial charge in [0.05, 0.1) is 5.75 Å². The fourth-order valence-electron chi connectivity index (χ4n) is 1.96. The molecule has 102 valence electrons. The van der Waals surface area contributed by atoms with Crippen LogP contribution >= 0.6 is 0 Å². The highest BCUT2D eigenvalue weighted by Gasteiger charge is 2.20. The van der Waals surface area contributed by atoms with E-state index in [4.69, 9.17) is 4.74 Å². The van der Waals surface area contributed by atoms with E-state index in [0.29, 0.717) is 25.7 Å². The predicted molar refractivity (Wildman–Crippen MR) is 68.5 cm³/mol. The molecule has 0 atom stereocenters. The number of hydrogen-bond acceptors (Lipinski definition) is 4. The van der Waals surface area contributed by atoms with Crippen LogP contribution in [0, 0.1) is 5.92 Å². The molecule has 0 spiro atoms. The molecule has 0 radical (unpaired) electrons. The number of piperidine rings is 1. The van der Waals surface area contributed by atoms with Crippen LogP contribution in [0.15, 0.2) is 0 Å². The maximum absolute atomic E-state index is 11.8. The van der Waals surface area contributed by atoms with Crippen LogP contribution in [0.25, 0.3) is 0 Å². The van der Waals surface area contributed by atoms with Crippen molar-refractivity contribution in [2.45, 2.75) is 26.2 Å². The lowest BCUT2D eigenvalue weighted by molar-refractivity contribution is 0.146. The van der Waals surface area contributed by atoms with E-state index in [0.717, 1.165) is 32.4 Å². The molecule has 0 aromatic carbocycles. The Kier molecular flexibility index (Phi) is 7.03. The lowest BCUT2D eigenvalue weighted by Crippen LogP contribution is -2.36. The van der Waals surface area contributed by atoms with Gasteiger partial charge < -0.3 is 10.1 Å². The van der Waals surface area contributed by atoms with Crippen molar-refractivity contribution in [3.63, 3.8) is 0 Å². The Bertz CT molecular complexity index is 287. The second-order valence-electron chi connectivity index (χ2n) is 4.42. The van der Waals surface area contributed by atoms with Crippen molar-refractivity contribution >= 4 is 10.0 Å². The summed E-state index contributed by atoms with van der Waals surface area (Å²) in [7, 11) is -3.10. The highest BCUT2D eigenvalue weighted by atomic mass is 32.2. The van der Waals surface area contributed by atoms with Crippen molar-refractivity contribution in [3.05, 3.63) is 0 Å². The summed E-state index contributed by atoms with van der Waals surface area (Å²) in [5.41, 5.74) is 0. The number of hydrogen-bond donors (Lipinski definition) is 2. The average Bonchev–Trinajstić information content (AvgIpc) is 2.29. The molecule has 1 heterocycles. The minimum absolute atomic E-state index is 0.267. The molecule has 0 aromatic rings. The highest BCUT2D eigenvalue weighted by molar-refractivity contribution is 7.89. The normalized spacial score (nSPS) is 18.4. The van der Waals surface area contributed by atoms with Crippen LogP contribution in [-0.2, 0) is 14.8 Å². The van der Waals surface area contributed by atoms with Crippen molar-refractivity contribution in [1.29, 1.82) is 0 Å². The van der Waals surface area contributed by atoms with Crippen molar-refractivity contribution in [1.82, 2.24) is 10.0 Å². The van der Waals surface area contributed by atoms with Gasteiger partial charge in [-0.15, -0.1) is 0 Å². The van der Waals surface area contributed by atoms with E-state index in [-0.39, 0.29) is 5.75 Å². The quantitative estimate of drug-likeness (QED) is 0.620. The standard InChI is InChI=1S/C11H24N2O3S/c1-2-16-9-3-6-13-17(14,15)10-11-4-7-12-8-5-11/h11-13H,2-10H2,1H3. The molecule has 2 N–H and O–H groups in total. The first-order chi connectivity index (χ1) is 8.14. The molecular formula is C11H24N2O3S. The molecule has 17 heavy (non-hydrogen) atoms. The summed E-state index contributed by atoms with van der Waals surface area (Å²) in [6.45, 7) is 5.58. The van der Waals surface area contributed by atoms with Crippen LogP contribution in [0.1, 0.15) is 26.2 Å². The topological polar surface area (TPSA) is 67.4 Å². The van der Waals surface area contributed by atoms with Crippen molar-refractivity contribution < 1.29 is 13.2 Å². The largest absolute Gasteiger partial charge is 0.382 e. The van der Waals surface area contributed by atoms with Crippen molar-refractivity contribution in [2.24, 2.45) is 5.92 Å². The Morgan fingerprint density at radius 2 is 2.06 bits per heavy atom. The van der Waals surface area contributed by atoms with Gasteiger partial charge in [0.1, 0.15) is 0 Å². The Labute approximate surface area is 104 Å². The minimum Gasteiger partial charge on any atom is -0.382 e. The fourth-order valence-corrected chi connectivity index (χ4v) is 3.49. The average molecular weight is 264 g/mol. The van der Waals surface area contributed by atoms with Gasteiger partial charge in [-0.3, -0.25) is 0 Å². The SMILES string of the molecule is CCOCCCNS(=O)(=O)CC1CCNCC1. The van der Waals surface area contributed by atoms with Gasteiger partial charge in [0.2, 0.25) is 10.0 Å². The monoisotopic (exact) mass is 264 g/mol. The number of nitrogens with one attached hydrogen (secondary N) is 2. The summed E-state index contributed by atoms with van der Waals surface area (Å²) >= 11 is 0. The molecule has 0 saturated carbocycles.